The Kier molecular flexibility index (Phi) is 3.01. The van der Waals surface area contributed by atoms with Crippen molar-refractivity contribution in [2.24, 2.45) is 0 Å². The SMILES string of the molecule is CC(c1ccco1)(S(=O)O)S(=O)O. The summed E-state index contributed by atoms with van der Waals surface area (Å²) in [7, 11) is 0. The van der Waals surface area contributed by atoms with E-state index in [1.165, 1.54) is 25.3 Å². The summed E-state index contributed by atoms with van der Waals surface area (Å²) in [4.78, 5) is 0. The predicted octanol–water partition coefficient (Wildman–Crippen LogP) is 0.896. The smallest absolute Gasteiger partial charge is 0.225 e. The molecule has 0 spiro atoms. The largest absolute Gasteiger partial charge is 0.467 e. The Morgan fingerprint density at radius 1 is 1.38 bits per heavy atom. The fourth-order valence-electron chi connectivity index (χ4n) is 0.770. The Hall–Kier alpha value is -0.500. The van der Waals surface area contributed by atoms with Crippen molar-refractivity contribution >= 4 is 22.2 Å². The zero-order chi connectivity index (χ0) is 10.1. The Morgan fingerprint density at radius 2 is 1.92 bits per heavy atom. The molecule has 2 unspecified atom stereocenters. The Morgan fingerprint density at radius 3 is 2.23 bits per heavy atom. The molecule has 13 heavy (non-hydrogen) atoms. The summed E-state index contributed by atoms with van der Waals surface area (Å²) in [5.41, 5.74) is 0. The molecule has 5 nitrogen and oxygen atoms in total. The number of furan rings is 1. The molecule has 1 heterocycles. The number of rotatable bonds is 3. The first-order valence-corrected chi connectivity index (χ1v) is 5.47. The highest BCUT2D eigenvalue weighted by Crippen LogP contribution is 2.29. The molecular weight excluding hydrogens is 216 g/mol. The van der Waals surface area contributed by atoms with E-state index in [0.29, 0.717) is 0 Å². The molecule has 0 amide bonds. The molecule has 2 N–H and O–H groups in total. The fraction of sp³-hybridized carbons (Fsp3) is 0.333. The minimum Gasteiger partial charge on any atom is -0.467 e. The van der Waals surface area contributed by atoms with Crippen LogP contribution in [0.25, 0.3) is 0 Å². The van der Waals surface area contributed by atoms with E-state index in [1.807, 2.05) is 0 Å². The van der Waals surface area contributed by atoms with E-state index in [0.717, 1.165) is 0 Å². The lowest BCUT2D eigenvalue weighted by Crippen LogP contribution is -2.31. The summed E-state index contributed by atoms with van der Waals surface area (Å²) < 4.78 is 42.5. The van der Waals surface area contributed by atoms with Crippen molar-refractivity contribution in [2.45, 2.75) is 11.0 Å². The highest BCUT2D eigenvalue weighted by molar-refractivity contribution is 7.98. The van der Waals surface area contributed by atoms with Gasteiger partial charge in [-0.25, -0.2) is 8.42 Å². The fourth-order valence-corrected chi connectivity index (χ4v) is 1.83. The van der Waals surface area contributed by atoms with Crippen LogP contribution in [0.2, 0.25) is 0 Å². The van der Waals surface area contributed by atoms with Crippen molar-refractivity contribution in [1.82, 2.24) is 0 Å². The third-order valence-corrected chi connectivity index (χ3v) is 4.23. The minimum atomic E-state index is -2.47. The van der Waals surface area contributed by atoms with E-state index in [1.54, 1.807) is 0 Å². The van der Waals surface area contributed by atoms with Gasteiger partial charge in [0.25, 0.3) is 0 Å². The van der Waals surface area contributed by atoms with Crippen LogP contribution in [0, 0.1) is 0 Å². The second kappa shape index (κ2) is 3.70. The highest BCUT2D eigenvalue weighted by Gasteiger charge is 2.42. The molecule has 74 valence electrons. The van der Waals surface area contributed by atoms with Crippen LogP contribution in [0.5, 0.6) is 0 Å². The van der Waals surface area contributed by atoms with Crippen molar-refractivity contribution < 1.29 is 21.9 Å². The van der Waals surface area contributed by atoms with E-state index in [-0.39, 0.29) is 5.76 Å². The van der Waals surface area contributed by atoms with Gasteiger partial charge >= 0.3 is 0 Å². The van der Waals surface area contributed by atoms with Gasteiger partial charge in [0.15, 0.2) is 22.2 Å². The van der Waals surface area contributed by atoms with Crippen LogP contribution in [0.3, 0.4) is 0 Å². The summed E-state index contributed by atoms with van der Waals surface area (Å²) in [5.74, 6) is 0.00849. The van der Waals surface area contributed by atoms with E-state index in [2.05, 4.69) is 0 Å². The molecule has 1 aromatic rings. The lowest BCUT2D eigenvalue weighted by Gasteiger charge is -2.17. The standard InChI is InChI=1S/C6H8O5S2/c1-6(12(7)8,13(9)10)5-3-2-4-11-5/h2-4H,1H3,(H,7,8)(H,9,10). The van der Waals surface area contributed by atoms with Crippen LogP contribution in [0.4, 0.5) is 0 Å². The van der Waals surface area contributed by atoms with Crippen LogP contribution in [-0.2, 0) is 26.2 Å². The van der Waals surface area contributed by atoms with Gasteiger partial charge in [-0.3, -0.25) is 0 Å². The van der Waals surface area contributed by atoms with Crippen molar-refractivity contribution in [1.29, 1.82) is 0 Å². The molecule has 0 aliphatic rings. The molecular formula is C6H8O5S2. The molecule has 0 aliphatic carbocycles. The van der Waals surface area contributed by atoms with E-state index in [4.69, 9.17) is 13.5 Å². The summed E-state index contributed by atoms with van der Waals surface area (Å²) >= 11 is -4.94. The summed E-state index contributed by atoms with van der Waals surface area (Å²) in [6.45, 7) is 1.18. The van der Waals surface area contributed by atoms with Crippen LogP contribution < -0.4 is 0 Å². The molecule has 2 atom stereocenters. The third-order valence-electron chi connectivity index (χ3n) is 1.64. The van der Waals surface area contributed by atoms with Crippen molar-refractivity contribution in [2.75, 3.05) is 0 Å². The third kappa shape index (κ3) is 1.73. The highest BCUT2D eigenvalue weighted by atomic mass is 32.3. The molecule has 0 radical (unpaired) electrons. The molecule has 0 aromatic carbocycles. The van der Waals surface area contributed by atoms with Gasteiger partial charge < -0.3 is 13.5 Å². The molecule has 0 aliphatic heterocycles. The topological polar surface area (TPSA) is 87.7 Å². The number of hydrogen-bond donors (Lipinski definition) is 2. The van der Waals surface area contributed by atoms with Crippen molar-refractivity contribution in [3.05, 3.63) is 24.2 Å². The first-order chi connectivity index (χ1) is 5.99. The maximum Gasteiger partial charge on any atom is 0.225 e. The summed E-state index contributed by atoms with van der Waals surface area (Å²) in [6.07, 6.45) is 1.27. The van der Waals surface area contributed by atoms with Gasteiger partial charge in [0.05, 0.1) is 6.26 Å². The molecule has 0 bridgehead atoms. The minimum absolute atomic E-state index is 0.00849. The normalized spacial score (nSPS) is 20.5. The molecule has 0 saturated heterocycles. The average molecular weight is 224 g/mol. The van der Waals surface area contributed by atoms with Crippen molar-refractivity contribution in [3.8, 4) is 0 Å². The van der Waals surface area contributed by atoms with Crippen LogP contribution >= 0.6 is 0 Å². The summed E-state index contributed by atoms with van der Waals surface area (Å²) in [5, 5.41) is 0. The quantitative estimate of drug-likeness (QED) is 0.744. The summed E-state index contributed by atoms with van der Waals surface area (Å²) in [6, 6.07) is 2.86. The second-order valence-electron chi connectivity index (χ2n) is 2.42. The Bertz CT molecular complexity index is 317. The van der Waals surface area contributed by atoms with Gasteiger partial charge in [0.1, 0.15) is 5.76 Å². The molecule has 7 heteroatoms. The predicted molar refractivity (Wildman–Crippen MR) is 47.6 cm³/mol. The zero-order valence-corrected chi connectivity index (χ0v) is 8.30. The maximum atomic E-state index is 10.9. The van der Waals surface area contributed by atoms with Crippen LogP contribution in [0.15, 0.2) is 22.8 Å². The van der Waals surface area contributed by atoms with Crippen LogP contribution in [0.1, 0.15) is 12.7 Å². The Labute approximate surface area is 79.7 Å². The van der Waals surface area contributed by atoms with Gasteiger partial charge in [-0.05, 0) is 19.1 Å². The van der Waals surface area contributed by atoms with E-state index >= 15 is 0 Å². The lowest BCUT2D eigenvalue weighted by molar-refractivity contribution is 0.455. The van der Waals surface area contributed by atoms with Gasteiger partial charge in [0, 0.05) is 0 Å². The first kappa shape index (κ1) is 10.6. The molecule has 0 saturated carbocycles. The molecule has 0 fully saturated rings. The van der Waals surface area contributed by atoms with Gasteiger partial charge in [-0.1, -0.05) is 0 Å². The zero-order valence-electron chi connectivity index (χ0n) is 6.67. The van der Waals surface area contributed by atoms with Crippen molar-refractivity contribution in [3.63, 3.8) is 0 Å². The molecule has 1 rings (SSSR count). The second-order valence-corrected chi connectivity index (χ2v) is 5.31. The van der Waals surface area contributed by atoms with Crippen LogP contribution in [-0.4, -0.2) is 17.5 Å². The van der Waals surface area contributed by atoms with E-state index < -0.39 is 26.2 Å². The lowest BCUT2D eigenvalue weighted by atomic mass is 10.3. The maximum absolute atomic E-state index is 10.9. The first-order valence-electron chi connectivity index (χ1n) is 3.25. The van der Waals surface area contributed by atoms with Gasteiger partial charge in [-0.2, -0.15) is 0 Å². The van der Waals surface area contributed by atoms with E-state index in [9.17, 15) is 8.42 Å². The molecule has 1 aromatic heterocycles. The average Bonchev–Trinajstić information content (AvgIpc) is 2.54. The number of hydrogen-bond acceptors (Lipinski definition) is 3. The Balaban J connectivity index is 3.21. The van der Waals surface area contributed by atoms with Gasteiger partial charge in [-0.15, -0.1) is 0 Å². The monoisotopic (exact) mass is 224 g/mol. The van der Waals surface area contributed by atoms with Gasteiger partial charge in [0.2, 0.25) is 4.08 Å².